The van der Waals surface area contributed by atoms with Crippen LogP contribution in [0.15, 0.2) is 237 Å². The number of methoxy groups -OCH3 is 1. The number of amides is 1. The van der Waals surface area contributed by atoms with Gasteiger partial charge in [-0.3, -0.25) is 4.79 Å². The largest absolute Gasteiger partial charge is 0.497 e. The summed E-state index contributed by atoms with van der Waals surface area (Å²) in [4.78, 5) is 14.7. The smallest absolute Gasteiger partial charge is 0.272 e. The first-order chi connectivity index (χ1) is 43.8. The van der Waals surface area contributed by atoms with Crippen LogP contribution in [0.4, 0.5) is 0 Å². The average Bonchev–Trinajstić information content (AvgIpc) is 0.779. The zero-order valence-electron chi connectivity index (χ0n) is 51.0. The molecule has 2 aliphatic rings. The molecule has 0 radical (unpaired) electrons. The lowest BCUT2D eigenvalue weighted by atomic mass is 9.94. The van der Waals surface area contributed by atoms with Gasteiger partial charge in [-0.1, -0.05) is 280 Å². The molecule has 1 N–H and O–H groups in total. The van der Waals surface area contributed by atoms with E-state index in [1.807, 2.05) is 212 Å². The van der Waals surface area contributed by atoms with Gasteiger partial charge in [0.25, 0.3) is 18.0 Å². The maximum absolute atomic E-state index is 14.7. The van der Waals surface area contributed by atoms with Crippen molar-refractivity contribution in [2.45, 2.75) is 131 Å². The van der Waals surface area contributed by atoms with Crippen molar-refractivity contribution in [3.63, 3.8) is 0 Å². The number of carbonyl (C=O) groups is 1. The third-order valence-electron chi connectivity index (χ3n) is 16.0. The maximum Gasteiger partial charge on any atom is 0.272 e. The Labute approximate surface area is 544 Å². The van der Waals surface area contributed by atoms with Gasteiger partial charge >= 0.3 is 0 Å². The lowest BCUT2D eigenvalue weighted by Crippen LogP contribution is -2.74. The second-order valence-electron chi connectivity index (χ2n) is 23.4. The van der Waals surface area contributed by atoms with Gasteiger partial charge in [0.2, 0.25) is 0 Å². The predicted molar refractivity (Wildman–Crippen MR) is 352 cm³/mol. The zero-order valence-corrected chi connectivity index (χ0v) is 54.2. The van der Waals surface area contributed by atoms with Crippen molar-refractivity contribution in [3.8, 4) is 5.75 Å². The fraction of sp³-hybridized carbons (Fsp3) is 0.329. The molecule has 0 saturated carbocycles. The van der Waals surface area contributed by atoms with Gasteiger partial charge in [-0.15, -0.1) is 0 Å². The van der Waals surface area contributed by atoms with Crippen molar-refractivity contribution in [1.29, 1.82) is 0 Å². The zero-order chi connectivity index (χ0) is 62.8. The molecule has 0 aliphatic carbocycles. The minimum Gasteiger partial charge on any atom is -0.497 e. The number of carbonyl (C=O) groups excluding carboxylic acids is 1. The molecule has 1 amide bonds. The molecule has 8 aromatic carbocycles. The molecule has 17 heteroatoms. The normalized spacial score (nSPS) is 22.2. The molecule has 2 heterocycles. The quantitative estimate of drug-likeness (QED) is 0.0370. The van der Waals surface area contributed by atoms with Gasteiger partial charge in [0.15, 0.2) is 12.6 Å². The van der Waals surface area contributed by atoms with Gasteiger partial charge in [0.05, 0.1) is 60.0 Å². The minimum atomic E-state index is -3.57. The Morgan fingerprint density at radius 3 is 1.20 bits per heavy atom. The van der Waals surface area contributed by atoms with E-state index in [-0.39, 0.29) is 52.9 Å². The van der Waals surface area contributed by atoms with E-state index in [2.05, 4.69) is 50.4 Å². The van der Waals surface area contributed by atoms with E-state index < -0.39 is 84.4 Å². The van der Waals surface area contributed by atoms with Crippen molar-refractivity contribution >= 4 is 59.4 Å². The summed E-state index contributed by atoms with van der Waals surface area (Å²) in [7, 11) is -1.94. The van der Waals surface area contributed by atoms with E-state index in [0.717, 1.165) is 43.8 Å². The predicted octanol–water partition coefficient (Wildman–Crippen LogP) is 13.0. The molecule has 2 saturated heterocycles. The molecule has 2 aliphatic heterocycles. The van der Waals surface area contributed by atoms with Crippen LogP contribution in [0.25, 0.3) is 0 Å². The standard InChI is InChI=1S/C73H78Cl3NO12Si/c1-72(2,3)90(59-36-22-10-23-37-59,60-38-24-11-25-39-60)89-69-63(77-71(78)73(74,75)76)66(83-47-55-32-18-8-19-33-55)65(62(86-69)51-81-45-53-28-14-6-15-29-53)88-70-68(85-48-56-34-20-9-21-35-56)67(84-49-57-40-42-58(79-4)43-41-57)64(82-46-54-30-16-7-17-31-54)61(87-70)50-80-44-52-26-12-5-13-27-52/h5-43,61-70H,44-51H2,1-4H3,(H,77,78)/t61-,62-,63-,64+,65-,66-,67+,68-,69+,70+/m1/s1. The summed E-state index contributed by atoms with van der Waals surface area (Å²) in [5.41, 5.74) is 5.41. The number of halogens is 3. The number of rotatable bonds is 28. The fourth-order valence-electron chi connectivity index (χ4n) is 11.5. The number of hydrogen-bond donors (Lipinski definition) is 1. The van der Waals surface area contributed by atoms with E-state index >= 15 is 0 Å². The third-order valence-corrected chi connectivity index (χ3v) is 21.5. The second-order valence-corrected chi connectivity index (χ2v) is 29.9. The Bertz CT molecular complexity index is 3340. The molecule has 90 heavy (non-hydrogen) atoms. The number of hydrogen-bond acceptors (Lipinski definition) is 12. The van der Waals surface area contributed by atoms with E-state index in [1.165, 1.54) is 0 Å². The highest BCUT2D eigenvalue weighted by atomic mass is 35.6. The van der Waals surface area contributed by atoms with Crippen LogP contribution >= 0.6 is 34.8 Å². The van der Waals surface area contributed by atoms with Gasteiger partial charge in [-0.2, -0.15) is 0 Å². The summed E-state index contributed by atoms with van der Waals surface area (Å²) >= 11 is 19.7. The summed E-state index contributed by atoms with van der Waals surface area (Å²) in [6.07, 6.45) is -9.64. The molecule has 0 bridgehead atoms. The molecule has 2 fully saturated rings. The summed E-state index contributed by atoms with van der Waals surface area (Å²) in [5.74, 6) is -0.243. The highest BCUT2D eigenvalue weighted by Gasteiger charge is 2.59. The summed E-state index contributed by atoms with van der Waals surface area (Å²) in [6, 6.07) is 76.0. The first-order valence-electron chi connectivity index (χ1n) is 30.3. The Morgan fingerprint density at radius 2 is 0.789 bits per heavy atom. The molecule has 0 aromatic heterocycles. The van der Waals surface area contributed by atoms with E-state index in [1.54, 1.807) is 7.11 Å². The number of alkyl halides is 3. The summed E-state index contributed by atoms with van der Waals surface area (Å²) in [5, 5.41) is 4.42. The van der Waals surface area contributed by atoms with Crippen molar-refractivity contribution in [2.24, 2.45) is 0 Å². The molecule has 10 rings (SSSR count). The molecule has 10 atom stereocenters. The van der Waals surface area contributed by atoms with Crippen LogP contribution in [-0.2, 0) is 91.5 Å². The Balaban J connectivity index is 1.13. The van der Waals surface area contributed by atoms with E-state index in [4.69, 9.17) is 86.6 Å². The Hall–Kier alpha value is -6.28. The van der Waals surface area contributed by atoms with Gasteiger partial charge in [0.1, 0.15) is 54.5 Å². The third kappa shape index (κ3) is 17.6. The molecular weight excluding hydrogens is 1220 g/mol. The highest BCUT2D eigenvalue weighted by molar-refractivity contribution is 6.99. The van der Waals surface area contributed by atoms with Crippen LogP contribution in [0.5, 0.6) is 5.75 Å². The second kappa shape index (κ2) is 32.3. The van der Waals surface area contributed by atoms with Crippen LogP contribution in [-0.4, -0.2) is 99.7 Å². The average molecular weight is 1300 g/mol. The topological polar surface area (TPSA) is 131 Å². The lowest BCUT2D eigenvalue weighted by molar-refractivity contribution is -0.362. The molecule has 0 unspecified atom stereocenters. The van der Waals surface area contributed by atoms with Crippen molar-refractivity contribution in [2.75, 3.05) is 20.3 Å². The first-order valence-corrected chi connectivity index (χ1v) is 33.4. The van der Waals surface area contributed by atoms with Crippen molar-refractivity contribution in [1.82, 2.24) is 5.32 Å². The van der Waals surface area contributed by atoms with Gasteiger partial charge in [-0.25, -0.2) is 0 Å². The molecule has 13 nitrogen and oxygen atoms in total. The number of nitrogens with one attached hydrogen (secondary N) is 1. The van der Waals surface area contributed by atoms with Crippen molar-refractivity contribution in [3.05, 3.63) is 270 Å². The first kappa shape index (κ1) is 66.6. The SMILES string of the molecule is COc1ccc(CO[C@H]2[C@@H](OCc3ccccc3)[C@@H](COCc3ccccc3)O[C@@H](O[C@H]3[C@H](OCc4ccccc4)[C@@H](NC(=O)C(Cl)(Cl)Cl)[C@H](O[Si](c4ccccc4)(c4ccccc4)C(C)(C)C)O[C@@H]3COCc3ccccc3)[C@@H]2OCc2ccccc2)cc1. The van der Waals surface area contributed by atoms with E-state index in [9.17, 15) is 4.79 Å². The minimum absolute atomic E-state index is 0.0352. The fourth-order valence-corrected chi connectivity index (χ4v) is 16.3. The number of ether oxygens (including phenoxy) is 10. The van der Waals surface area contributed by atoms with Gasteiger partial charge in [0, 0.05) is 0 Å². The lowest BCUT2D eigenvalue weighted by Gasteiger charge is -2.53. The van der Waals surface area contributed by atoms with Crippen LogP contribution < -0.4 is 20.4 Å². The molecule has 0 spiro atoms. The Kier molecular flexibility index (Phi) is 23.9. The Morgan fingerprint density at radius 1 is 0.433 bits per heavy atom. The summed E-state index contributed by atoms with van der Waals surface area (Å²) in [6.45, 7) is 7.42. The van der Waals surface area contributed by atoms with Crippen LogP contribution in [0.2, 0.25) is 5.04 Å². The van der Waals surface area contributed by atoms with E-state index in [0.29, 0.717) is 5.75 Å². The molecule has 8 aromatic rings. The maximum atomic E-state index is 14.7. The van der Waals surface area contributed by atoms with Crippen LogP contribution in [0.3, 0.4) is 0 Å². The van der Waals surface area contributed by atoms with Crippen molar-refractivity contribution < 1.29 is 56.6 Å². The van der Waals surface area contributed by atoms with Crippen LogP contribution in [0, 0.1) is 0 Å². The van der Waals surface area contributed by atoms with Crippen LogP contribution in [0.1, 0.15) is 54.2 Å². The molecular formula is C73H78Cl3NO12Si. The summed E-state index contributed by atoms with van der Waals surface area (Å²) < 4.78 is 75.7. The van der Waals surface area contributed by atoms with Gasteiger partial charge in [-0.05, 0) is 60.9 Å². The highest BCUT2D eigenvalue weighted by Crippen LogP contribution is 2.42. The van der Waals surface area contributed by atoms with Gasteiger partial charge < -0.3 is 57.1 Å². The number of benzene rings is 8. The monoisotopic (exact) mass is 1290 g/mol. The molecule has 472 valence electrons.